The zero-order chi connectivity index (χ0) is 14.9. The molecule has 4 nitrogen and oxygen atoms in total. The summed E-state index contributed by atoms with van der Waals surface area (Å²) in [6.07, 6.45) is 3.57. The van der Waals surface area contributed by atoms with Gasteiger partial charge in [-0.25, -0.2) is 4.98 Å². The molecule has 22 heavy (non-hydrogen) atoms. The lowest BCUT2D eigenvalue weighted by Crippen LogP contribution is -2.03. The molecule has 0 bridgehead atoms. The lowest BCUT2D eigenvalue weighted by atomic mass is 10.1. The maximum absolute atomic E-state index is 12.1. The van der Waals surface area contributed by atoms with Gasteiger partial charge in [0.15, 0.2) is 0 Å². The van der Waals surface area contributed by atoms with E-state index in [0.29, 0.717) is 5.57 Å². The van der Waals surface area contributed by atoms with Gasteiger partial charge in [-0.05, 0) is 24.3 Å². The maximum atomic E-state index is 12.1. The number of amides is 1. The van der Waals surface area contributed by atoms with Gasteiger partial charge in [-0.1, -0.05) is 24.3 Å². The largest absolute Gasteiger partial charge is 0.321 e. The van der Waals surface area contributed by atoms with Gasteiger partial charge < -0.3 is 5.32 Å². The number of thiazole rings is 1. The van der Waals surface area contributed by atoms with Crippen LogP contribution in [0.5, 0.6) is 0 Å². The third kappa shape index (κ3) is 2.21. The van der Waals surface area contributed by atoms with Crippen molar-refractivity contribution in [3.05, 3.63) is 65.3 Å². The van der Waals surface area contributed by atoms with E-state index in [4.69, 9.17) is 0 Å². The van der Waals surface area contributed by atoms with E-state index in [-0.39, 0.29) is 5.91 Å². The summed E-state index contributed by atoms with van der Waals surface area (Å²) in [6, 6.07) is 13.4. The van der Waals surface area contributed by atoms with E-state index in [1.807, 2.05) is 53.9 Å². The number of nitrogens with one attached hydrogen (secondary N) is 1. The van der Waals surface area contributed by atoms with Gasteiger partial charge in [0.1, 0.15) is 5.01 Å². The number of para-hydroxylation sites is 1. The predicted molar refractivity (Wildman–Crippen MR) is 88.3 cm³/mol. The highest BCUT2D eigenvalue weighted by Crippen LogP contribution is 2.33. The molecule has 1 N–H and O–H groups in total. The van der Waals surface area contributed by atoms with E-state index in [1.165, 1.54) is 11.3 Å². The topological polar surface area (TPSA) is 54.9 Å². The molecule has 3 aromatic rings. The molecule has 1 aromatic carbocycles. The fourth-order valence-electron chi connectivity index (χ4n) is 2.39. The van der Waals surface area contributed by atoms with Crippen molar-refractivity contribution in [1.29, 1.82) is 0 Å². The molecule has 106 valence electrons. The Balaban J connectivity index is 1.72. The quantitative estimate of drug-likeness (QED) is 0.735. The molecule has 0 saturated carbocycles. The van der Waals surface area contributed by atoms with Crippen LogP contribution in [-0.4, -0.2) is 15.9 Å². The van der Waals surface area contributed by atoms with E-state index < -0.39 is 0 Å². The van der Waals surface area contributed by atoms with Gasteiger partial charge in [-0.15, -0.1) is 11.3 Å². The van der Waals surface area contributed by atoms with Crippen molar-refractivity contribution in [3.63, 3.8) is 0 Å². The molecular formula is C17H11N3OS. The smallest absolute Gasteiger partial charge is 0.256 e. The summed E-state index contributed by atoms with van der Waals surface area (Å²) in [5.41, 5.74) is 4.02. The van der Waals surface area contributed by atoms with Crippen molar-refractivity contribution >= 4 is 34.6 Å². The number of pyridine rings is 1. The average molecular weight is 305 g/mol. The van der Waals surface area contributed by atoms with Gasteiger partial charge >= 0.3 is 0 Å². The highest BCUT2D eigenvalue weighted by atomic mass is 32.1. The highest BCUT2D eigenvalue weighted by Gasteiger charge is 2.23. The molecule has 0 fully saturated rings. The van der Waals surface area contributed by atoms with Crippen LogP contribution in [0.2, 0.25) is 0 Å². The first-order chi connectivity index (χ1) is 10.8. The summed E-state index contributed by atoms with van der Waals surface area (Å²) >= 11 is 1.52. The van der Waals surface area contributed by atoms with Crippen molar-refractivity contribution in [2.45, 2.75) is 0 Å². The van der Waals surface area contributed by atoms with E-state index in [9.17, 15) is 4.79 Å². The third-order valence-electron chi connectivity index (χ3n) is 3.41. The molecule has 0 aliphatic carbocycles. The van der Waals surface area contributed by atoms with Crippen molar-refractivity contribution < 1.29 is 4.79 Å². The minimum absolute atomic E-state index is 0.0893. The van der Waals surface area contributed by atoms with Crippen LogP contribution in [0.4, 0.5) is 5.69 Å². The Morgan fingerprint density at radius 3 is 2.82 bits per heavy atom. The normalized spacial score (nSPS) is 14.9. The van der Waals surface area contributed by atoms with E-state index >= 15 is 0 Å². The second-order valence-electron chi connectivity index (χ2n) is 4.85. The first kappa shape index (κ1) is 12.9. The number of nitrogens with zero attached hydrogens (tertiary/aromatic N) is 2. The predicted octanol–water partition coefficient (Wildman–Crippen LogP) is 3.70. The van der Waals surface area contributed by atoms with Gasteiger partial charge in [0.25, 0.3) is 5.91 Å². The molecule has 1 aliphatic heterocycles. The first-order valence-corrected chi connectivity index (χ1v) is 7.68. The van der Waals surface area contributed by atoms with Crippen LogP contribution in [0.1, 0.15) is 11.3 Å². The molecule has 0 saturated heterocycles. The molecule has 3 heterocycles. The lowest BCUT2D eigenvalue weighted by molar-refractivity contribution is -0.110. The summed E-state index contributed by atoms with van der Waals surface area (Å²) in [5.74, 6) is -0.0893. The molecule has 0 atom stereocenters. The standard InChI is InChI=1S/C17H11N3OS/c21-16-13(12-5-1-2-6-14(12)20-16)9-11-10-22-17(19-11)15-7-3-4-8-18-15/h1-10H,(H,20,21)/b13-9-. The SMILES string of the molecule is O=C1Nc2ccccc2/C1=C/c1csc(-c2ccccn2)n1. The summed E-state index contributed by atoms with van der Waals surface area (Å²) in [5, 5.41) is 5.64. The summed E-state index contributed by atoms with van der Waals surface area (Å²) in [4.78, 5) is 20.9. The van der Waals surface area contributed by atoms with Gasteiger partial charge in [0.2, 0.25) is 0 Å². The Bertz CT molecular complexity index is 884. The Morgan fingerprint density at radius 2 is 1.95 bits per heavy atom. The lowest BCUT2D eigenvalue weighted by Gasteiger charge is -1.96. The van der Waals surface area contributed by atoms with Crippen LogP contribution in [0.25, 0.3) is 22.4 Å². The summed E-state index contributed by atoms with van der Waals surface area (Å²) in [6.45, 7) is 0. The van der Waals surface area contributed by atoms with Crippen LogP contribution in [0.15, 0.2) is 54.0 Å². The molecular weight excluding hydrogens is 294 g/mol. The van der Waals surface area contributed by atoms with Crippen LogP contribution in [-0.2, 0) is 4.79 Å². The Kier molecular flexibility index (Phi) is 3.05. The number of hydrogen-bond acceptors (Lipinski definition) is 4. The van der Waals surface area contributed by atoms with Crippen LogP contribution >= 0.6 is 11.3 Å². The van der Waals surface area contributed by atoms with E-state index in [1.54, 1.807) is 6.20 Å². The Morgan fingerprint density at radius 1 is 1.09 bits per heavy atom. The molecule has 4 rings (SSSR count). The van der Waals surface area contributed by atoms with Crippen molar-refractivity contribution in [2.75, 3.05) is 5.32 Å². The average Bonchev–Trinajstić information content (AvgIpc) is 3.14. The van der Waals surface area contributed by atoms with Crippen LogP contribution in [0.3, 0.4) is 0 Å². The summed E-state index contributed by atoms with van der Waals surface area (Å²) < 4.78 is 0. The number of aromatic nitrogens is 2. The minimum atomic E-state index is -0.0893. The molecule has 0 spiro atoms. The summed E-state index contributed by atoms with van der Waals surface area (Å²) in [7, 11) is 0. The first-order valence-electron chi connectivity index (χ1n) is 6.81. The number of rotatable bonds is 2. The number of anilines is 1. The van der Waals surface area contributed by atoms with E-state index in [0.717, 1.165) is 27.6 Å². The van der Waals surface area contributed by atoms with Crippen molar-refractivity contribution in [3.8, 4) is 10.7 Å². The zero-order valence-electron chi connectivity index (χ0n) is 11.5. The van der Waals surface area contributed by atoms with Gasteiger partial charge in [0.05, 0.1) is 17.0 Å². The number of carbonyl (C=O) groups excluding carboxylic acids is 1. The number of benzene rings is 1. The van der Waals surface area contributed by atoms with Gasteiger partial charge in [0, 0.05) is 22.8 Å². The second kappa shape index (κ2) is 5.20. The molecule has 2 aromatic heterocycles. The molecule has 0 unspecified atom stereocenters. The second-order valence-corrected chi connectivity index (χ2v) is 5.71. The van der Waals surface area contributed by atoms with Gasteiger partial charge in [-0.3, -0.25) is 9.78 Å². The molecule has 1 amide bonds. The zero-order valence-corrected chi connectivity index (χ0v) is 12.3. The van der Waals surface area contributed by atoms with Crippen molar-refractivity contribution in [2.24, 2.45) is 0 Å². The molecule has 5 heteroatoms. The number of carbonyl (C=O) groups is 1. The van der Waals surface area contributed by atoms with Crippen LogP contribution in [0, 0.1) is 0 Å². The van der Waals surface area contributed by atoms with Crippen LogP contribution < -0.4 is 5.32 Å². The molecule has 0 radical (unpaired) electrons. The minimum Gasteiger partial charge on any atom is -0.321 e. The fourth-order valence-corrected chi connectivity index (χ4v) is 3.14. The third-order valence-corrected chi connectivity index (χ3v) is 4.29. The maximum Gasteiger partial charge on any atom is 0.256 e. The van der Waals surface area contributed by atoms with Crippen molar-refractivity contribution in [1.82, 2.24) is 9.97 Å². The Labute approximate surface area is 131 Å². The molecule has 1 aliphatic rings. The number of hydrogen-bond donors (Lipinski definition) is 1. The fraction of sp³-hybridized carbons (Fsp3) is 0. The van der Waals surface area contributed by atoms with E-state index in [2.05, 4.69) is 15.3 Å². The Hall–Kier alpha value is -2.79. The van der Waals surface area contributed by atoms with Gasteiger partial charge in [-0.2, -0.15) is 0 Å². The highest BCUT2D eigenvalue weighted by molar-refractivity contribution is 7.13. The monoisotopic (exact) mass is 305 g/mol. The number of fused-ring (bicyclic) bond motifs is 1.